The lowest BCUT2D eigenvalue weighted by atomic mass is 10.2. The zero-order valence-corrected chi connectivity index (χ0v) is 10.3. The van der Waals surface area contributed by atoms with Gasteiger partial charge >= 0.3 is 0 Å². The molecule has 0 aliphatic rings. The molecule has 0 atom stereocenters. The minimum Gasteiger partial charge on any atom is -0.356 e. The molecule has 0 unspecified atom stereocenters. The first kappa shape index (κ1) is 10.6. The molecule has 0 aliphatic carbocycles. The van der Waals surface area contributed by atoms with E-state index in [-0.39, 0.29) is 0 Å². The van der Waals surface area contributed by atoms with Crippen molar-refractivity contribution in [3.05, 3.63) is 52.1 Å². The predicted octanol–water partition coefficient (Wildman–Crippen LogP) is 2.66. The van der Waals surface area contributed by atoms with E-state index < -0.39 is 0 Å². The Hall–Kier alpha value is -0.880. The lowest BCUT2D eigenvalue weighted by molar-refractivity contribution is 0.0639. The summed E-state index contributed by atoms with van der Waals surface area (Å²) in [6, 6.07) is 10.1. The highest BCUT2D eigenvalue weighted by molar-refractivity contribution is 14.1. The van der Waals surface area contributed by atoms with E-state index in [2.05, 4.69) is 39.7 Å². The van der Waals surface area contributed by atoms with Gasteiger partial charge in [0.15, 0.2) is 0 Å². The number of hydrogen-bond donors (Lipinski definition) is 0. The maximum atomic E-state index is 5.54. The zero-order chi connectivity index (χ0) is 10.5. The minimum atomic E-state index is 0.547. The highest BCUT2D eigenvalue weighted by Gasteiger charge is 1.95. The van der Waals surface area contributed by atoms with Gasteiger partial charge in [0.2, 0.25) is 0 Å². The van der Waals surface area contributed by atoms with E-state index in [1.165, 1.54) is 5.56 Å². The summed E-state index contributed by atoms with van der Waals surface area (Å²) in [7, 11) is 0. The summed E-state index contributed by atoms with van der Waals surface area (Å²) in [5.41, 5.74) is 1.19. The third-order valence-electron chi connectivity index (χ3n) is 1.95. The molecule has 2 rings (SSSR count). The molecule has 0 saturated carbocycles. The maximum Gasteiger partial charge on any atom is 0.124 e. The molecular weight excluding hydrogens is 303 g/mol. The average Bonchev–Trinajstić information content (AvgIpc) is 2.66. The quantitative estimate of drug-likeness (QED) is 0.811. The summed E-state index contributed by atoms with van der Waals surface area (Å²) in [6.45, 7) is 1.18. The van der Waals surface area contributed by atoms with Crippen LogP contribution in [0.1, 0.15) is 5.56 Å². The summed E-state index contributed by atoms with van der Waals surface area (Å²) in [6.07, 6.45) is 3.72. The van der Waals surface area contributed by atoms with Crippen molar-refractivity contribution in [2.45, 2.75) is 13.3 Å². The molecule has 2 aromatic rings. The Bertz CT molecular complexity index is 414. The largest absolute Gasteiger partial charge is 0.356 e. The fourth-order valence-corrected chi connectivity index (χ4v) is 1.73. The first-order chi connectivity index (χ1) is 7.34. The van der Waals surface area contributed by atoms with Crippen LogP contribution in [0, 0.1) is 3.70 Å². The van der Waals surface area contributed by atoms with E-state index in [1.54, 1.807) is 6.33 Å². The molecule has 4 heteroatoms. The molecule has 1 aromatic heterocycles. The summed E-state index contributed by atoms with van der Waals surface area (Å²) in [4.78, 5) is 4.11. The average molecular weight is 314 g/mol. The summed E-state index contributed by atoms with van der Waals surface area (Å²) in [5.74, 6) is 0. The second-order valence-corrected chi connectivity index (χ2v) is 4.28. The van der Waals surface area contributed by atoms with E-state index in [4.69, 9.17) is 4.74 Å². The third-order valence-corrected chi connectivity index (χ3v) is 2.51. The molecule has 0 aliphatic heterocycles. The topological polar surface area (TPSA) is 27.1 Å². The Kier molecular flexibility index (Phi) is 3.74. The normalized spacial score (nSPS) is 10.5. The number of ether oxygens (including phenoxy) is 1. The number of nitrogens with zero attached hydrogens (tertiary/aromatic N) is 2. The Morgan fingerprint density at radius 1 is 1.27 bits per heavy atom. The summed E-state index contributed by atoms with van der Waals surface area (Å²) >= 11 is 2.18. The molecule has 3 nitrogen and oxygen atoms in total. The number of imidazole rings is 1. The molecule has 78 valence electrons. The Morgan fingerprint density at radius 2 is 2.07 bits per heavy atom. The number of halogens is 1. The fraction of sp³-hybridized carbons (Fsp3) is 0.182. The highest BCUT2D eigenvalue weighted by Crippen LogP contribution is 2.03. The molecule has 0 amide bonds. The van der Waals surface area contributed by atoms with Gasteiger partial charge in [-0.3, -0.25) is 0 Å². The van der Waals surface area contributed by atoms with Crippen LogP contribution in [0.4, 0.5) is 0 Å². The van der Waals surface area contributed by atoms with Gasteiger partial charge in [-0.15, -0.1) is 0 Å². The Labute approximate surface area is 102 Å². The van der Waals surface area contributed by atoms with Crippen LogP contribution < -0.4 is 0 Å². The first-order valence-corrected chi connectivity index (χ1v) is 5.71. The molecule has 0 spiro atoms. The smallest absolute Gasteiger partial charge is 0.124 e. The maximum absolute atomic E-state index is 5.54. The molecule has 1 aromatic carbocycles. The molecular formula is C11H11IN2O. The van der Waals surface area contributed by atoms with E-state index in [0.717, 1.165) is 3.70 Å². The highest BCUT2D eigenvalue weighted by atomic mass is 127. The van der Waals surface area contributed by atoms with E-state index in [9.17, 15) is 0 Å². The number of benzene rings is 1. The Balaban J connectivity index is 1.80. The van der Waals surface area contributed by atoms with E-state index in [1.807, 2.05) is 29.0 Å². The monoisotopic (exact) mass is 314 g/mol. The van der Waals surface area contributed by atoms with Gasteiger partial charge in [0.05, 0.1) is 12.9 Å². The SMILES string of the molecule is Ic1cn(COCc2ccccc2)cn1. The lowest BCUT2D eigenvalue weighted by Gasteiger charge is -2.04. The van der Waals surface area contributed by atoms with E-state index >= 15 is 0 Å². The second kappa shape index (κ2) is 5.27. The van der Waals surface area contributed by atoms with Crippen LogP contribution in [0.3, 0.4) is 0 Å². The summed E-state index contributed by atoms with van der Waals surface area (Å²) < 4.78 is 8.44. The lowest BCUT2D eigenvalue weighted by Crippen LogP contribution is -2.00. The standard InChI is InChI=1S/C11H11IN2O/c12-11-6-14(8-13-11)9-15-7-10-4-2-1-3-5-10/h1-6,8H,7,9H2. The molecule has 15 heavy (non-hydrogen) atoms. The van der Waals surface area contributed by atoms with Crippen LogP contribution in [0.5, 0.6) is 0 Å². The van der Waals surface area contributed by atoms with Gasteiger partial charge in [-0.05, 0) is 28.2 Å². The van der Waals surface area contributed by atoms with Crippen LogP contribution in [-0.2, 0) is 18.1 Å². The first-order valence-electron chi connectivity index (χ1n) is 4.63. The van der Waals surface area contributed by atoms with Crippen molar-refractivity contribution in [3.8, 4) is 0 Å². The minimum absolute atomic E-state index is 0.547. The number of hydrogen-bond acceptors (Lipinski definition) is 2. The van der Waals surface area contributed by atoms with Crippen LogP contribution in [0.15, 0.2) is 42.9 Å². The van der Waals surface area contributed by atoms with Crippen molar-refractivity contribution in [2.75, 3.05) is 0 Å². The molecule has 0 N–H and O–H groups in total. The summed E-state index contributed by atoms with van der Waals surface area (Å²) in [5, 5.41) is 0. The van der Waals surface area contributed by atoms with Crippen molar-refractivity contribution in [1.29, 1.82) is 0 Å². The van der Waals surface area contributed by atoms with Crippen molar-refractivity contribution < 1.29 is 4.74 Å². The predicted molar refractivity (Wildman–Crippen MR) is 66.2 cm³/mol. The van der Waals surface area contributed by atoms with Gasteiger partial charge in [0, 0.05) is 6.20 Å². The third kappa shape index (κ3) is 3.32. The molecule has 0 radical (unpaired) electrons. The molecule has 0 saturated heterocycles. The number of rotatable bonds is 4. The van der Waals surface area contributed by atoms with Crippen LogP contribution >= 0.6 is 22.6 Å². The zero-order valence-electron chi connectivity index (χ0n) is 8.14. The van der Waals surface area contributed by atoms with Gasteiger partial charge in [0.1, 0.15) is 10.4 Å². The van der Waals surface area contributed by atoms with E-state index in [0.29, 0.717) is 13.3 Å². The van der Waals surface area contributed by atoms with Gasteiger partial charge in [0.25, 0.3) is 0 Å². The van der Waals surface area contributed by atoms with Gasteiger partial charge < -0.3 is 9.30 Å². The van der Waals surface area contributed by atoms with Crippen molar-refractivity contribution >= 4 is 22.6 Å². The second-order valence-electron chi connectivity index (χ2n) is 3.17. The van der Waals surface area contributed by atoms with Gasteiger partial charge in [-0.2, -0.15) is 0 Å². The van der Waals surface area contributed by atoms with Gasteiger partial charge in [-0.25, -0.2) is 4.98 Å². The Morgan fingerprint density at radius 3 is 2.73 bits per heavy atom. The molecule has 1 heterocycles. The molecule has 0 bridgehead atoms. The van der Waals surface area contributed by atoms with Gasteiger partial charge in [-0.1, -0.05) is 30.3 Å². The van der Waals surface area contributed by atoms with Crippen LogP contribution in [0.25, 0.3) is 0 Å². The number of aromatic nitrogens is 2. The molecule has 0 fully saturated rings. The van der Waals surface area contributed by atoms with Crippen molar-refractivity contribution in [1.82, 2.24) is 9.55 Å². The van der Waals surface area contributed by atoms with Crippen molar-refractivity contribution in [3.63, 3.8) is 0 Å². The fourth-order valence-electron chi connectivity index (χ4n) is 1.25. The van der Waals surface area contributed by atoms with Crippen LogP contribution in [0.2, 0.25) is 0 Å². The van der Waals surface area contributed by atoms with Crippen LogP contribution in [-0.4, -0.2) is 9.55 Å². The van der Waals surface area contributed by atoms with Crippen molar-refractivity contribution in [2.24, 2.45) is 0 Å².